The molecule has 2 heteroatoms. The van der Waals surface area contributed by atoms with Gasteiger partial charge in [-0.15, -0.1) is 0 Å². The van der Waals surface area contributed by atoms with Crippen LogP contribution in [0, 0.1) is 17.8 Å². The van der Waals surface area contributed by atoms with Crippen molar-refractivity contribution in [2.45, 2.75) is 78.3 Å². The van der Waals surface area contributed by atoms with Crippen molar-refractivity contribution in [1.82, 2.24) is 10.2 Å². The van der Waals surface area contributed by atoms with Gasteiger partial charge in [0.15, 0.2) is 0 Å². The molecule has 0 spiro atoms. The highest BCUT2D eigenvalue weighted by Crippen LogP contribution is 2.29. The molecule has 2 aliphatic heterocycles. The molecule has 0 bridgehead atoms. The quantitative estimate of drug-likeness (QED) is 0.793. The van der Waals surface area contributed by atoms with Crippen LogP contribution in [0.15, 0.2) is 0 Å². The highest BCUT2D eigenvalue weighted by atomic mass is 15.2. The monoisotopic (exact) mass is 280 g/mol. The van der Waals surface area contributed by atoms with Crippen LogP contribution in [0.5, 0.6) is 0 Å². The second kappa shape index (κ2) is 7.79. The predicted molar refractivity (Wildman–Crippen MR) is 88.0 cm³/mol. The van der Waals surface area contributed by atoms with Crippen LogP contribution in [0.1, 0.15) is 66.2 Å². The molecule has 2 nitrogen and oxygen atoms in total. The summed E-state index contributed by atoms with van der Waals surface area (Å²) >= 11 is 0. The SMILES string of the molecule is CC(C)CC(CC(C)C)N1CCCC(C2CCCN2)C1. The molecule has 0 saturated carbocycles. The molecule has 2 rings (SSSR count). The van der Waals surface area contributed by atoms with Crippen LogP contribution in [0.2, 0.25) is 0 Å². The first-order valence-corrected chi connectivity index (χ1v) is 9.03. The normalized spacial score (nSPS) is 28.9. The molecule has 0 radical (unpaired) electrons. The fourth-order valence-corrected chi connectivity index (χ4v) is 4.30. The molecule has 118 valence electrons. The number of hydrogen-bond acceptors (Lipinski definition) is 2. The van der Waals surface area contributed by atoms with E-state index in [1.807, 2.05) is 0 Å². The molecule has 2 heterocycles. The molecule has 1 N–H and O–H groups in total. The maximum absolute atomic E-state index is 3.74. The minimum atomic E-state index is 0.816. The largest absolute Gasteiger partial charge is 0.314 e. The smallest absolute Gasteiger partial charge is 0.0108 e. The summed E-state index contributed by atoms with van der Waals surface area (Å²) in [6.07, 6.45) is 8.42. The van der Waals surface area contributed by atoms with Gasteiger partial charge in [0.05, 0.1) is 0 Å². The summed E-state index contributed by atoms with van der Waals surface area (Å²) in [4.78, 5) is 2.84. The zero-order valence-corrected chi connectivity index (χ0v) is 14.2. The molecule has 2 fully saturated rings. The summed E-state index contributed by atoms with van der Waals surface area (Å²) < 4.78 is 0. The molecule has 0 aromatic rings. The average Bonchev–Trinajstić information content (AvgIpc) is 2.91. The van der Waals surface area contributed by atoms with Crippen molar-refractivity contribution in [3.8, 4) is 0 Å². The standard InChI is InChI=1S/C18H36N2/c1-14(2)11-17(12-15(3)4)20-10-6-7-16(13-20)18-8-5-9-19-18/h14-19H,5-13H2,1-4H3. The van der Waals surface area contributed by atoms with E-state index < -0.39 is 0 Å². The van der Waals surface area contributed by atoms with Crippen LogP contribution in [0.3, 0.4) is 0 Å². The number of nitrogens with zero attached hydrogens (tertiary/aromatic N) is 1. The Morgan fingerprint density at radius 1 is 1.00 bits per heavy atom. The summed E-state index contributed by atoms with van der Waals surface area (Å²) in [6, 6.07) is 1.63. The Labute approximate surface area is 126 Å². The van der Waals surface area contributed by atoms with Crippen LogP contribution in [0.4, 0.5) is 0 Å². The molecule has 2 unspecified atom stereocenters. The Morgan fingerprint density at radius 2 is 1.70 bits per heavy atom. The average molecular weight is 280 g/mol. The van der Waals surface area contributed by atoms with Gasteiger partial charge in [0.1, 0.15) is 0 Å². The first-order chi connectivity index (χ1) is 9.56. The highest BCUT2D eigenvalue weighted by molar-refractivity contribution is 4.88. The third-order valence-corrected chi connectivity index (χ3v) is 5.16. The van der Waals surface area contributed by atoms with E-state index in [2.05, 4.69) is 37.9 Å². The summed E-state index contributed by atoms with van der Waals surface area (Å²) in [6.45, 7) is 13.5. The first kappa shape index (κ1) is 16.3. The third kappa shape index (κ3) is 4.73. The zero-order chi connectivity index (χ0) is 14.5. The van der Waals surface area contributed by atoms with Crippen LogP contribution >= 0.6 is 0 Å². The molecule has 0 aromatic heterocycles. The lowest BCUT2D eigenvalue weighted by atomic mass is 9.86. The predicted octanol–water partition coefficient (Wildman–Crippen LogP) is 3.91. The van der Waals surface area contributed by atoms with E-state index in [4.69, 9.17) is 0 Å². The highest BCUT2D eigenvalue weighted by Gasteiger charge is 2.32. The third-order valence-electron chi connectivity index (χ3n) is 5.16. The molecule has 2 aliphatic rings. The van der Waals surface area contributed by atoms with Gasteiger partial charge in [0.25, 0.3) is 0 Å². The van der Waals surface area contributed by atoms with Gasteiger partial charge in [-0.25, -0.2) is 0 Å². The van der Waals surface area contributed by atoms with Gasteiger partial charge in [-0.2, -0.15) is 0 Å². The summed E-state index contributed by atoms with van der Waals surface area (Å²) in [5.41, 5.74) is 0. The molecule has 2 saturated heterocycles. The van der Waals surface area contributed by atoms with E-state index in [1.54, 1.807) is 0 Å². The van der Waals surface area contributed by atoms with Crippen molar-refractivity contribution < 1.29 is 0 Å². The number of piperidine rings is 1. The number of rotatable bonds is 6. The Hall–Kier alpha value is -0.0800. The number of nitrogens with one attached hydrogen (secondary N) is 1. The van der Waals surface area contributed by atoms with E-state index in [0.717, 1.165) is 29.8 Å². The fourth-order valence-electron chi connectivity index (χ4n) is 4.30. The van der Waals surface area contributed by atoms with Gasteiger partial charge in [0.2, 0.25) is 0 Å². The van der Waals surface area contributed by atoms with E-state index in [-0.39, 0.29) is 0 Å². The lowest BCUT2D eigenvalue weighted by Gasteiger charge is -2.41. The van der Waals surface area contributed by atoms with E-state index in [0.29, 0.717) is 0 Å². The van der Waals surface area contributed by atoms with Crippen molar-refractivity contribution >= 4 is 0 Å². The van der Waals surface area contributed by atoms with Crippen LogP contribution in [-0.2, 0) is 0 Å². The van der Waals surface area contributed by atoms with Gasteiger partial charge in [-0.1, -0.05) is 27.7 Å². The minimum Gasteiger partial charge on any atom is -0.314 e. The molecule has 0 aliphatic carbocycles. The Balaban J connectivity index is 1.92. The number of likely N-dealkylation sites (tertiary alicyclic amines) is 1. The molecular weight excluding hydrogens is 244 g/mol. The van der Waals surface area contributed by atoms with Crippen molar-refractivity contribution in [2.75, 3.05) is 19.6 Å². The minimum absolute atomic E-state index is 0.816. The van der Waals surface area contributed by atoms with Crippen molar-refractivity contribution in [1.29, 1.82) is 0 Å². The van der Waals surface area contributed by atoms with Crippen LogP contribution in [0.25, 0.3) is 0 Å². The maximum Gasteiger partial charge on any atom is 0.0108 e. The topological polar surface area (TPSA) is 15.3 Å². The summed E-state index contributed by atoms with van der Waals surface area (Å²) in [7, 11) is 0. The lowest BCUT2D eigenvalue weighted by Crippen LogP contribution is -2.48. The van der Waals surface area contributed by atoms with Gasteiger partial charge in [-0.3, -0.25) is 0 Å². The molecule has 20 heavy (non-hydrogen) atoms. The van der Waals surface area contributed by atoms with Gasteiger partial charge < -0.3 is 10.2 Å². The van der Waals surface area contributed by atoms with Crippen molar-refractivity contribution in [3.63, 3.8) is 0 Å². The maximum atomic E-state index is 3.74. The van der Waals surface area contributed by atoms with Gasteiger partial charge in [0, 0.05) is 18.6 Å². The molecular formula is C18H36N2. The lowest BCUT2D eigenvalue weighted by molar-refractivity contribution is 0.0841. The summed E-state index contributed by atoms with van der Waals surface area (Å²) in [5.74, 6) is 2.56. The van der Waals surface area contributed by atoms with Gasteiger partial charge in [-0.05, 0) is 69.4 Å². The van der Waals surface area contributed by atoms with Crippen LogP contribution < -0.4 is 5.32 Å². The van der Waals surface area contributed by atoms with E-state index >= 15 is 0 Å². The fraction of sp³-hybridized carbons (Fsp3) is 1.00. The molecule has 2 atom stereocenters. The second-order valence-electron chi connectivity index (χ2n) is 8.01. The Kier molecular flexibility index (Phi) is 6.35. The zero-order valence-electron chi connectivity index (χ0n) is 14.2. The summed E-state index contributed by atoms with van der Waals surface area (Å²) in [5, 5.41) is 3.74. The first-order valence-electron chi connectivity index (χ1n) is 9.03. The number of hydrogen-bond donors (Lipinski definition) is 1. The van der Waals surface area contributed by atoms with Crippen molar-refractivity contribution in [3.05, 3.63) is 0 Å². The molecule has 0 aromatic carbocycles. The molecule has 0 amide bonds. The van der Waals surface area contributed by atoms with Crippen LogP contribution in [-0.4, -0.2) is 36.6 Å². The van der Waals surface area contributed by atoms with E-state index in [1.165, 1.54) is 58.2 Å². The Morgan fingerprint density at radius 3 is 2.25 bits per heavy atom. The van der Waals surface area contributed by atoms with Gasteiger partial charge >= 0.3 is 0 Å². The Bertz CT molecular complexity index is 259. The van der Waals surface area contributed by atoms with E-state index in [9.17, 15) is 0 Å². The van der Waals surface area contributed by atoms with Crippen molar-refractivity contribution in [2.24, 2.45) is 17.8 Å². The second-order valence-corrected chi connectivity index (χ2v) is 8.01.